The van der Waals surface area contributed by atoms with Gasteiger partial charge in [-0.05, 0) is 31.0 Å². The van der Waals surface area contributed by atoms with Crippen molar-refractivity contribution in [1.29, 1.82) is 5.26 Å². The number of pyridine rings is 1. The molecule has 0 aliphatic heterocycles. The Morgan fingerprint density at radius 3 is 2.59 bits per heavy atom. The van der Waals surface area contributed by atoms with Crippen molar-refractivity contribution in [2.45, 2.75) is 37.6 Å². The highest BCUT2D eigenvalue weighted by Gasteiger charge is 2.36. The normalized spacial score (nSPS) is 11.9. The van der Waals surface area contributed by atoms with Gasteiger partial charge in [-0.25, -0.2) is 13.4 Å². The van der Waals surface area contributed by atoms with E-state index in [1.807, 2.05) is 6.07 Å². The first-order valence-electron chi connectivity index (χ1n) is 9.11. The van der Waals surface area contributed by atoms with Crippen LogP contribution in [0.4, 0.5) is 5.69 Å². The van der Waals surface area contributed by atoms with Crippen LogP contribution >= 0.6 is 0 Å². The van der Waals surface area contributed by atoms with Gasteiger partial charge in [0, 0.05) is 12.6 Å². The van der Waals surface area contributed by atoms with Crippen LogP contribution in [0.15, 0.2) is 47.5 Å². The highest BCUT2D eigenvalue weighted by molar-refractivity contribution is 7.93. The molecule has 1 N–H and O–H groups in total. The highest BCUT2D eigenvalue weighted by Crippen LogP contribution is 2.29. The topological polar surface area (TPSA) is 112 Å². The molecule has 1 atom stereocenters. The van der Waals surface area contributed by atoms with E-state index >= 15 is 0 Å². The molecule has 0 radical (unpaired) electrons. The summed E-state index contributed by atoms with van der Waals surface area (Å²) in [6.07, 6.45) is 1.73. The number of ether oxygens (including phenoxy) is 1. The highest BCUT2D eigenvalue weighted by atomic mass is 32.2. The number of hydrogen-bond acceptors (Lipinski definition) is 6. The molecule has 1 amide bonds. The molecule has 1 unspecified atom stereocenters. The van der Waals surface area contributed by atoms with Gasteiger partial charge < -0.3 is 10.1 Å². The van der Waals surface area contributed by atoms with E-state index in [1.54, 1.807) is 38.1 Å². The third-order valence-corrected chi connectivity index (χ3v) is 6.32. The van der Waals surface area contributed by atoms with Crippen LogP contribution in [-0.2, 0) is 14.8 Å². The van der Waals surface area contributed by atoms with Crippen LogP contribution in [0, 0.1) is 18.3 Å². The van der Waals surface area contributed by atoms with E-state index in [1.165, 1.54) is 25.4 Å². The average molecular weight is 417 g/mol. The summed E-state index contributed by atoms with van der Waals surface area (Å²) < 4.78 is 33.3. The van der Waals surface area contributed by atoms with Gasteiger partial charge in [0.05, 0.1) is 36.4 Å². The number of rotatable bonds is 9. The molecule has 154 valence electrons. The van der Waals surface area contributed by atoms with Crippen LogP contribution in [0.2, 0.25) is 0 Å². The molecule has 0 spiro atoms. The molecule has 8 nitrogen and oxygen atoms in total. The summed E-state index contributed by atoms with van der Waals surface area (Å²) in [5.74, 6) is -0.149. The number of nitrogens with zero attached hydrogens (tertiary/aromatic N) is 3. The number of nitrogens with one attached hydrogen (secondary N) is 1. The van der Waals surface area contributed by atoms with Gasteiger partial charge in [0.2, 0.25) is 11.8 Å². The van der Waals surface area contributed by atoms with Gasteiger partial charge in [-0.15, -0.1) is 0 Å². The summed E-state index contributed by atoms with van der Waals surface area (Å²) in [6.45, 7) is 3.57. The Balaban J connectivity index is 2.57. The Bertz CT molecular complexity index is 984. The van der Waals surface area contributed by atoms with E-state index in [0.717, 1.165) is 4.31 Å². The van der Waals surface area contributed by atoms with Crippen LogP contribution < -0.4 is 14.4 Å². The lowest BCUT2D eigenvalue weighted by Crippen LogP contribution is -2.50. The molecular formula is C20H24N4O4S. The van der Waals surface area contributed by atoms with Crippen molar-refractivity contribution < 1.29 is 17.9 Å². The first kappa shape index (κ1) is 22.2. The van der Waals surface area contributed by atoms with E-state index < -0.39 is 22.0 Å². The molecule has 0 bridgehead atoms. The van der Waals surface area contributed by atoms with Crippen LogP contribution in [0.1, 0.15) is 25.3 Å². The number of hydrogen-bond donors (Lipinski definition) is 1. The molecule has 2 aromatic rings. The lowest BCUT2D eigenvalue weighted by atomic mass is 10.2. The molecule has 0 saturated carbocycles. The van der Waals surface area contributed by atoms with Gasteiger partial charge in [-0.3, -0.25) is 9.10 Å². The second kappa shape index (κ2) is 9.89. The lowest BCUT2D eigenvalue weighted by Gasteiger charge is -2.31. The SMILES string of the molecule is CCC(C(=O)NCCC#N)N(c1ccc(OC)nc1)S(=O)(=O)c1ccccc1C. The molecule has 1 aromatic heterocycles. The molecular weight excluding hydrogens is 392 g/mol. The summed E-state index contributed by atoms with van der Waals surface area (Å²) in [6, 6.07) is 10.6. The molecule has 0 fully saturated rings. The summed E-state index contributed by atoms with van der Waals surface area (Å²) in [5.41, 5.74) is 0.815. The number of aryl methyl sites for hydroxylation is 1. The van der Waals surface area contributed by atoms with Crippen molar-refractivity contribution >= 4 is 21.6 Å². The predicted octanol–water partition coefficient (Wildman–Crippen LogP) is 2.40. The molecule has 1 heterocycles. The number of nitriles is 1. The number of aromatic nitrogens is 1. The van der Waals surface area contributed by atoms with E-state index in [0.29, 0.717) is 11.4 Å². The summed E-state index contributed by atoms with van der Waals surface area (Å²) in [5, 5.41) is 11.3. The Labute approximate surface area is 171 Å². The maximum absolute atomic E-state index is 13.6. The van der Waals surface area contributed by atoms with Gasteiger partial charge in [0.25, 0.3) is 10.0 Å². The maximum Gasteiger partial charge on any atom is 0.265 e. The third-order valence-electron chi connectivity index (χ3n) is 4.32. The number of carbonyl (C=O) groups is 1. The molecule has 29 heavy (non-hydrogen) atoms. The van der Waals surface area contributed by atoms with Gasteiger partial charge >= 0.3 is 0 Å². The van der Waals surface area contributed by atoms with Gasteiger partial charge in [-0.2, -0.15) is 5.26 Å². The quantitative estimate of drug-likeness (QED) is 0.628. The summed E-state index contributed by atoms with van der Waals surface area (Å²) >= 11 is 0. The summed E-state index contributed by atoms with van der Waals surface area (Å²) in [7, 11) is -2.60. The number of amides is 1. The van der Waals surface area contributed by atoms with Crippen LogP contribution in [-0.4, -0.2) is 39.0 Å². The Kier molecular flexibility index (Phi) is 7.56. The predicted molar refractivity (Wildman–Crippen MR) is 109 cm³/mol. The Morgan fingerprint density at radius 1 is 1.31 bits per heavy atom. The Morgan fingerprint density at radius 2 is 2.03 bits per heavy atom. The first-order chi connectivity index (χ1) is 13.9. The standard InChI is InChI=1S/C20H24N4O4S/c1-4-17(20(25)22-13-7-12-21)24(16-10-11-19(28-3)23-14-16)29(26,27)18-9-6-5-8-15(18)2/h5-6,8-11,14,17H,4,7,13H2,1-3H3,(H,22,25). The molecule has 9 heteroatoms. The fourth-order valence-electron chi connectivity index (χ4n) is 2.88. The van der Waals surface area contributed by atoms with Gasteiger partial charge in [0.1, 0.15) is 6.04 Å². The zero-order valence-corrected chi connectivity index (χ0v) is 17.4. The van der Waals surface area contributed by atoms with E-state index in [4.69, 9.17) is 10.00 Å². The van der Waals surface area contributed by atoms with Crippen molar-refractivity contribution in [1.82, 2.24) is 10.3 Å². The molecule has 1 aromatic carbocycles. The monoisotopic (exact) mass is 416 g/mol. The second-order valence-electron chi connectivity index (χ2n) is 6.25. The minimum atomic E-state index is -4.06. The second-order valence-corrected chi connectivity index (χ2v) is 8.03. The van der Waals surface area contributed by atoms with Crippen molar-refractivity contribution in [2.24, 2.45) is 0 Å². The fraction of sp³-hybridized carbons (Fsp3) is 0.350. The van der Waals surface area contributed by atoms with Crippen LogP contribution in [0.5, 0.6) is 5.88 Å². The zero-order valence-electron chi connectivity index (χ0n) is 16.6. The van der Waals surface area contributed by atoms with Gasteiger partial charge in [0.15, 0.2) is 0 Å². The lowest BCUT2D eigenvalue weighted by molar-refractivity contribution is -0.122. The molecule has 0 aliphatic rings. The number of benzene rings is 1. The largest absolute Gasteiger partial charge is 0.481 e. The minimum absolute atomic E-state index is 0.110. The van der Waals surface area contributed by atoms with Crippen LogP contribution in [0.3, 0.4) is 0 Å². The minimum Gasteiger partial charge on any atom is -0.481 e. The number of sulfonamides is 1. The molecule has 2 rings (SSSR count). The molecule has 0 saturated heterocycles. The molecule has 0 aliphatic carbocycles. The summed E-state index contributed by atoms with van der Waals surface area (Å²) in [4.78, 5) is 17.0. The first-order valence-corrected chi connectivity index (χ1v) is 10.6. The van der Waals surface area contributed by atoms with E-state index in [9.17, 15) is 13.2 Å². The Hall–Kier alpha value is -3.12. The maximum atomic E-state index is 13.6. The number of anilines is 1. The third kappa shape index (κ3) is 5.03. The van der Waals surface area contributed by atoms with Crippen molar-refractivity contribution in [3.63, 3.8) is 0 Å². The fourth-order valence-corrected chi connectivity index (χ4v) is 4.78. The van der Waals surface area contributed by atoms with Crippen molar-refractivity contribution in [3.05, 3.63) is 48.2 Å². The van der Waals surface area contributed by atoms with E-state index in [-0.39, 0.29) is 30.0 Å². The zero-order chi connectivity index (χ0) is 21.4. The smallest absolute Gasteiger partial charge is 0.265 e. The number of carbonyl (C=O) groups excluding carboxylic acids is 1. The van der Waals surface area contributed by atoms with Crippen LogP contribution in [0.25, 0.3) is 0 Å². The van der Waals surface area contributed by atoms with Crippen molar-refractivity contribution in [3.8, 4) is 11.9 Å². The van der Waals surface area contributed by atoms with Crippen molar-refractivity contribution in [2.75, 3.05) is 18.0 Å². The number of methoxy groups -OCH3 is 1. The van der Waals surface area contributed by atoms with Gasteiger partial charge in [-0.1, -0.05) is 25.1 Å². The average Bonchev–Trinajstić information content (AvgIpc) is 2.72. The van der Waals surface area contributed by atoms with E-state index in [2.05, 4.69) is 10.3 Å².